The molecule has 1 fully saturated rings. The maximum absolute atomic E-state index is 5.97. The van der Waals surface area contributed by atoms with E-state index >= 15 is 0 Å². The predicted octanol–water partition coefficient (Wildman–Crippen LogP) is 3.21. The van der Waals surface area contributed by atoms with E-state index in [0.717, 1.165) is 11.1 Å². The van der Waals surface area contributed by atoms with Gasteiger partial charge in [0.1, 0.15) is 5.60 Å². The van der Waals surface area contributed by atoms with Crippen molar-refractivity contribution >= 4 is 0 Å². The number of benzene rings is 2. The highest BCUT2D eigenvalue weighted by atomic mass is 16.6. The summed E-state index contributed by atoms with van der Waals surface area (Å²) in [5, 5.41) is 0. The fourth-order valence-electron chi connectivity index (χ4n) is 2.68. The van der Waals surface area contributed by atoms with E-state index in [-0.39, 0.29) is 0 Å². The van der Waals surface area contributed by atoms with E-state index < -0.39 is 5.60 Å². The first-order chi connectivity index (χ1) is 11.9. The number of hydrogen-bond acceptors (Lipinski definition) is 4. The third kappa shape index (κ3) is 5.14. The minimum atomic E-state index is -0.526. The van der Waals surface area contributed by atoms with Crippen LogP contribution >= 0.6 is 0 Å². The van der Waals surface area contributed by atoms with Gasteiger partial charge >= 0.3 is 0 Å². The van der Waals surface area contributed by atoms with E-state index in [1.165, 1.54) is 0 Å². The molecule has 0 saturated carbocycles. The van der Waals surface area contributed by atoms with Crippen molar-refractivity contribution in [2.45, 2.75) is 18.8 Å². The molecule has 24 heavy (non-hydrogen) atoms. The summed E-state index contributed by atoms with van der Waals surface area (Å²) in [4.78, 5) is 0. The van der Waals surface area contributed by atoms with Crippen LogP contribution in [-0.4, -0.2) is 38.6 Å². The molecule has 0 amide bonds. The third-order valence-corrected chi connectivity index (χ3v) is 3.95. The van der Waals surface area contributed by atoms with E-state index in [9.17, 15) is 0 Å². The first kappa shape index (κ1) is 17.1. The molecule has 1 aliphatic rings. The minimum Gasteiger partial charge on any atom is -0.376 e. The van der Waals surface area contributed by atoms with Crippen molar-refractivity contribution in [1.29, 1.82) is 0 Å². The Balaban J connectivity index is 1.50. The van der Waals surface area contributed by atoms with Crippen LogP contribution in [0.5, 0.6) is 0 Å². The molecule has 2 aromatic carbocycles. The molecule has 2 aromatic rings. The Morgan fingerprint density at radius 1 is 0.750 bits per heavy atom. The molecule has 0 N–H and O–H groups in total. The molecular formula is C20H24O4. The Kier molecular flexibility index (Phi) is 6.38. The molecule has 0 bridgehead atoms. The summed E-state index contributed by atoms with van der Waals surface area (Å²) in [6.07, 6.45) is 0. The van der Waals surface area contributed by atoms with Gasteiger partial charge in [0.05, 0.1) is 46.2 Å². The molecule has 0 aliphatic carbocycles. The van der Waals surface area contributed by atoms with Crippen LogP contribution < -0.4 is 0 Å². The standard InChI is InChI=1S/C20H24O4/c1-3-7-18(8-4-1)13-22-16-20(15-21-11-12-24-20)17-23-14-19-9-5-2-6-10-19/h1-10H,11-17H2. The summed E-state index contributed by atoms with van der Waals surface area (Å²) < 4.78 is 23.3. The largest absolute Gasteiger partial charge is 0.376 e. The second-order valence-corrected chi connectivity index (χ2v) is 6.04. The summed E-state index contributed by atoms with van der Waals surface area (Å²) in [5.41, 5.74) is 1.77. The molecule has 0 aromatic heterocycles. The predicted molar refractivity (Wildman–Crippen MR) is 91.7 cm³/mol. The van der Waals surface area contributed by atoms with Gasteiger partial charge in [0.15, 0.2) is 0 Å². The van der Waals surface area contributed by atoms with Crippen LogP contribution in [0.25, 0.3) is 0 Å². The number of ether oxygens (including phenoxy) is 4. The lowest BCUT2D eigenvalue weighted by Gasteiger charge is -2.36. The zero-order valence-corrected chi connectivity index (χ0v) is 13.9. The quantitative estimate of drug-likeness (QED) is 0.746. The Hall–Kier alpha value is -1.72. The van der Waals surface area contributed by atoms with Gasteiger partial charge in [-0.05, 0) is 11.1 Å². The monoisotopic (exact) mass is 328 g/mol. The Morgan fingerprint density at radius 3 is 1.75 bits per heavy atom. The molecule has 3 rings (SSSR count). The van der Waals surface area contributed by atoms with Crippen molar-refractivity contribution in [3.63, 3.8) is 0 Å². The zero-order chi connectivity index (χ0) is 16.5. The van der Waals surface area contributed by atoms with E-state index in [4.69, 9.17) is 18.9 Å². The molecule has 128 valence electrons. The molecule has 1 saturated heterocycles. The molecular weight excluding hydrogens is 304 g/mol. The van der Waals surface area contributed by atoms with Crippen LogP contribution in [0, 0.1) is 0 Å². The molecule has 0 spiro atoms. The molecule has 4 nitrogen and oxygen atoms in total. The van der Waals surface area contributed by atoms with Gasteiger partial charge in [0.25, 0.3) is 0 Å². The van der Waals surface area contributed by atoms with Gasteiger partial charge in [-0.15, -0.1) is 0 Å². The summed E-state index contributed by atoms with van der Waals surface area (Å²) in [6, 6.07) is 20.3. The Labute approximate surface area is 143 Å². The smallest absolute Gasteiger partial charge is 0.138 e. The van der Waals surface area contributed by atoms with Gasteiger partial charge in [-0.3, -0.25) is 0 Å². The number of rotatable bonds is 8. The van der Waals surface area contributed by atoms with Gasteiger partial charge in [0, 0.05) is 0 Å². The zero-order valence-electron chi connectivity index (χ0n) is 13.9. The van der Waals surface area contributed by atoms with Crippen molar-refractivity contribution in [2.75, 3.05) is 33.0 Å². The normalized spacial score (nSPS) is 16.8. The maximum Gasteiger partial charge on any atom is 0.138 e. The van der Waals surface area contributed by atoms with Crippen molar-refractivity contribution < 1.29 is 18.9 Å². The summed E-state index contributed by atoms with van der Waals surface area (Å²) in [6.45, 7) is 3.72. The average Bonchev–Trinajstić information content (AvgIpc) is 2.64. The van der Waals surface area contributed by atoms with E-state index in [1.54, 1.807) is 0 Å². The summed E-state index contributed by atoms with van der Waals surface area (Å²) in [7, 11) is 0. The minimum absolute atomic E-state index is 0.455. The van der Waals surface area contributed by atoms with Gasteiger partial charge in [-0.25, -0.2) is 0 Å². The van der Waals surface area contributed by atoms with Crippen molar-refractivity contribution in [3.8, 4) is 0 Å². The van der Waals surface area contributed by atoms with E-state index in [0.29, 0.717) is 46.2 Å². The Bertz CT molecular complexity index is 532. The van der Waals surface area contributed by atoms with Crippen LogP contribution in [0.1, 0.15) is 11.1 Å². The lowest BCUT2D eigenvalue weighted by molar-refractivity contribution is -0.208. The van der Waals surface area contributed by atoms with Crippen LogP contribution in [0.3, 0.4) is 0 Å². The molecule has 4 heteroatoms. The second kappa shape index (κ2) is 8.94. The first-order valence-electron chi connectivity index (χ1n) is 8.31. The van der Waals surface area contributed by atoms with Crippen LogP contribution in [0.15, 0.2) is 60.7 Å². The van der Waals surface area contributed by atoms with Gasteiger partial charge < -0.3 is 18.9 Å². The lowest BCUT2D eigenvalue weighted by atomic mass is 10.1. The first-order valence-corrected chi connectivity index (χ1v) is 8.31. The molecule has 1 heterocycles. The topological polar surface area (TPSA) is 36.9 Å². The molecule has 1 aliphatic heterocycles. The van der Waals surface area contributed by atoms with Gasteiger partial charge in [-0.1, -0.05) is 60.7 Å². The summed E-state index contributed by atoms with van der Waals surface area (Å²) >= 11 is 0. The average molecular weight is 328 g/mol. The molecule has 0 radical (unpaired) electrons. The maximum atomic E-state index is 5.97. The molecule has 0 unspecified atom stereocenters. The van der Waals surface area contributed by atoms with E-state index in [2.05, 4.69) is 24.3 Å². The van der Waals surface area contributed by atoms with Crippen LogP contribution in [0.4, 0.5) is 0 Å². The Morgan fingerprint density at radius 2 is 1.29 bits per heavy atom. The highest BCUT2D eigenvalue weighted by molar-refractivity contribution is 5.14. The fraction of sp³-hybridized carbons (Fsp3) is 0.400. The fourth-order valence-corrected chi connectivity index (χ4v) is 2.68. The second-order valence-electron chi connectivity index (χ2n) is 6.04. The third-order valence-electron chi connectivity index (χ3n) is 3.95. The van der Waals surface area contributed by atoms with E-state index in [1.807, 2.05) is 36.4 Å². The van der Waals surface area contributed by atoms with Gasteiger partial charge in [-0.2, -0.15) is 0 Å². The van der Waals surface area contributed by atoms with Crippen molar-refractivity contribution in [1.82, 2.24) is 0 Å². The lowest BCUT2D eigenvalue weighted by Crippen LogP contribution is -2.50. The van der Waals surface area contributed by atoms with Gasteiger partial charge in [0.2, 0.25) is 0 Å². The summed E-state index contributed by atoms with van der Waals surface area (Å²) in [5.74, 6) is 0. The SMILES string of the molecule is c1ccc(COCC2(COCc3ccccc3)COCCO2)cc1. The van der Waals surface area contributed by atoms with Crippen LogP contribution in [0.2, 0.25) is 0 Å². The molecule has 0 atom stereocenters. The van der Waals surface area contributed by atoms with Crippen molar-refractivity contribution in [2.24, 2.45) is 0 Å². The highest BCUT2D eigenvalue weighted by Crippen LogP contribution is 2.19. The number of hydrogen-bond donors (Lipinski definition) is 0. The van der Waals surface area contributed by atoms with Crippen LogP contribution in [-0.2, 0) is 32.2 Å². The highest BCUT2D eigenvalue weighted by Gasteiger charge is 2.35. The van der Waals surface area contributed by atoms with Crippen molar-refractivity contribution in [3.05, 3.63) is 71.8 Å².